The third kappa shape index (κ3) is 4.60. The molecule has 0 radical (unpaired) electrons. The molecule has 5 heteroatoms. The maximum absolute atomic E-state index is 12.8. The lowest BCUT2D eigenvalue weighted by atomic mass is 9.81. The van der Waals surface area contributed by atoms with E-state index in [2.05, 4.69) is 0 Å². The lowest BCUT2D eigenvalue weighted by Gasteiger charge is -2.44. The van der Waals surface area contributed by atoms with Crippen LogP contribution in [-0.4, -0.2) is 41.9 Å². The standard InChI is InChI=1S/C26H31NO4/c1-18-6-9-21(10-7-18)30-16-4-5-24(29)27-14-12-26(13-15-27)17-23(28)22-11-8-19(2)20(3)25(22)31-26/h6-11H,4-5,12-17H2,1-3H3. The molecule has 0 unspecified atom stereocenters. The van der Waals surface area contributed by atoms with Gasteiger partial charge in [-0.1, -0.05) is 23.8 Å². The van der Waals surface area contributed by atoms with Gasteiger partial charge in [-0.05, 0) is 56.5 Å². The fraction of sp³-hybridized carbons (Fsp3) is 0.462. The van der Waals surface area contributed by atoms with Gasteiger partial charge in [-0.25, -0.2) is 0 Å². The lowest BCUT2D eigenvalue weighted by molar-refractivity contribution is -0.135. The molecule has 1 amide bonds. The predicted molar refractivity (Wildman–Crippen MR) is 120 cm³/mol. The minimum absolute atomic E-state index is 0.150. The van der Waals surface area contributed by atoms with E-state index in [0.29, 0.717) is 57.4 Å². The summed E-state index contributed by atoms with van der Waals surface area (Å²) >= 11 is 0. The van der Waals surface area contributed by atoms with Crippen LogP contribution in [0.5, 0.6) is 11.5 Å². The van der Waals surface area contributed by atoms with Crippen LogP contribution >= 0.6 is 0 Å². The molecule has 1 spiro atoms. The van der Waals surface area contributed by atoms with E-state index in [0.717, 1.165) is 22.6 Å². The van der Waals surface area contributed by atoms with E-state index in [1.54, 1.807) is 0 Å². The normalized spacial score (nSPS) is 17.3. The molecule has 0 aromatic heterocycles. The van der Waals surface area contributed by atoms with Gasteiger partial charge in [0.25, 0.3) is 0 Å². The molecular weight excluding hydrogens is 390 g/mol. The summed E-state index contributed by atoms with van der Waals surface area (Å²) in [5, 5.41) is 0. The van der Waals surface area contributed by atoms with Crippen molar-refractivity contribution in [1.82, 2.24) is 4.90 Å². The second kappa shape index (κ2) is 8.74. The number of ether oxygens (including phenoxy) is 2. The number of amides is 1. The number of aryl methyl sites for hydroxylation is 2. The number of fused-ring (bicyclic) bond motifs is 1. The molecule has 2 aliphatic rings. The molecule has 1 saturated heterocycles. The zero-order chi connectivity index (χ0) is 22.0. The van der Waals surface area contributed by atoms with Crippen LogP contribution in [0.1, 0.15) is 59.2 Å². The first kappa shape index (κ1) is 21.4. The number of carbonyl (C=O) groups is 2. The molecule has 0 bridgehead atoms. The number of hydrogen-bond donors (Lipinski definition) is 0. The Kier molecular flexibility index (Phi) is 6.03. The van der Waals surface area contributed by atoms with Crippen LogP contribution in [0.25, 0.3) is 0 Å². The highest BCUT2D eigenvalue weighted by Crippen LogP contribution is 2.41. The zero-order valence-corrected chi connectivity index (χ0v) is 18.7. The van der Waals surface area contributed by atoms with Crippen molar-refractivity contribution in [2.45, 2.75) is 58.5 Å². The van der Waals surface area contributed by atoms with E-state index in [9.17, 15) is 9.59 Å². The van der Waals surface area contributed by atoms with Crippen molar-refractivity contribution in [2.75, 3.05) is 19.7 Å². The summed E-state index contributed by atoms with van der Waals surface area (Å²) in [5.74, 6) is 1.88. The summed E-state index contributed by atoms with van der Waals surface area (Å²) in [5.41, 5.74) is 3.58. The summed E-state index contributed by atoms with van der Waals surface area (Å²) in [6.07, 6.45) is 2.94. The zero-order valence-electron chi connectivity index (χ0n) is 18.7. The first-order valence-corrected chi connectivity index (χ1v) is 11.2. The topological polar surface area (TPSA) is 55.8 Å². The summed E-state index contributed by atoms with van der Waals surface area (Å²) in [4.78, 5) is 27.3. The Morgan fingerprint density at radius 1 is 1.06 bits per heavy atom. The second-order valence-electron chi connectivity index (χ2n) is 8.92. The number of likely N-dealkylation sites (tertiary alicyclic amines) is 1. The summed E-state index contributed by atoms with van der Waals surface area (Å²) in [7, 11) is 0. The van der Waals surface area contributed by atoms with Crippen molar-refractivity contribution in [3.05, 3.63) is 58.7 Å². The van der Waals surface area contributed by atoms with Gasteiger partial charge in [0.2, 0.25) is 5.91 Å². The molecule has 1 fully saturated rings. The highest BCUT2D eigenvalue weighted by molar-refractivity contribution is 6.01. The third-order valence-electron chi connectivity index (χ3n) is 6.63. The maximum Gasteiger partial charge on any atom is 0.222 e. The SMILES string of the molecule is Cc1ccc(OCCCC(=O)N2CCC3(CC2)CC(=O)c2ccc(C)c(C)c2O3)cc1. The quantitative estimate of drug-likeness (QED) is 0.651. The van der Waals surface area contributed by atoms with Crippen LogP contribution < -0.4 is 9.47 Å². The third-order valence-corrected chi connectivity index (χ3v) is 6.63. The van der Waals surface area contributed by atoms with Gasteiger partial charge in [0, 0.05) is 32.4 Å². The number of hydrogen-bond acceptors (Lipinski definition) is 4. The molecule has 4 rings (SSSR count). The van der Waals surface area contributed by atoms with Crippen LogP contribution in [0, 0.1) is 20.8 Å². The molecule has 0 aliphatic carbocycles. The molecule has 2 heterocycles. The Morgan fingerprint density at radius 3 is 2.48 bits per heavy atom. The van der Waals surface area contributed by atoms with E-state index in [1.165, 1.54) is 5.56 Å². The van der Waals surface area contributed by atoms with Crippen molar-refractivity contribution in [3.63, 3.8) is 0 Å². The maximum atomic E-state index is 12.8. The van der Waals surface area contributed by atoms with Gasteiger partial charge in [0.15, 0.2) is 5.78 Å². The van der Waals surface area contributed by atoms with Gasteiger partial charge in [0.05, 0.1) is 18.6 Å². The monoisotopic (exact) mass is 421 g/mol. The van der Waals surface area contributed by atoms with E-state index in [4.69, 9.17) is 9.47 Å². The van der Waals surface area contributed by atoms with Crippen molar-refractivity contribution >= 4 is 11.7 Å². The number of carbonyl (C=O) groups excluding carboxylic acids is 2. The van der Waals surface area contributed by atoms with Gasteiger partial charge < -0.3 is 14.4 Å². The van der Waals surface area contributed by atoms with Crippen molar-refractivity contribution in [2.24, 2.45) is 0 Å². The van der Waals surface area contributed by atoms with Gasteiger partial charge in [0.1, 0.15) is 17.1 Å². The minimum Gasteiger partial charge on any atom is -0.494 e. The molecule has 2 aliphatic heterocycles. The lowest BCUT2D eigenvalue weighted by Crippen LogP contribution is -2.52. The smallest absolute Gasteiger partial charge is 0.222 e. The molecule has 5 nitrogen and oxygen atoms in total. The molecule has 0 saturated carbocycles. The Labute approximate surface area is 184 Å². The first-order chi connectivity index (χ1) is 14.9. The van der Waals surface area contributed by atoms with E-state index in [-0.39, 0.29) is 11.7 Å². The Morgan fingerprint density at radius 2 is 1.77 bits per heavy atom. The summed E-state index contributed by atoms with van der Waals surface area (Å²) in [6, 6.07) is 11.8. The Bertz CT molecular complexity index is 972. The molecular formula is C26H31NO4. The average molecular weight is 422 g/mol. The fourth-order valence-corrected chi connectivity index (χ4v) is 4.43. The second-order valence-corrected chi connectivity index (χ2v) is 8.92. The number of nitrogens with zero attached hydrogens (tertiary/aromatic N) is 1. The molecule has 31 heavy (non-hydrogen) atoms. The number of piperidine rings is 1. The Hall–Kier alpha value is -2.82. The van der Waals surface area contributed by atoms with E-state index >= 15 is 0 Å². The number of Topliss-reactive ketones (excluding diaryl/α,β-unsaturated/α-hetero) is 1. The highest BCUT2D eigenvalue weighted by atomic mass is 16.5. The van der Waals surface area contributed by atoms with Crippen molar-refractivity contribution in [1.29, 1.82) is 0 Å². The number of benzene rings is 2. The minimum atomic E-state index is -0.478. The van der Waals surface area contributed by atoms with Crippen LogP contribution in [0.15, 0.2) is 36.4 Å². The van der Waals surface area contributed by atoms with Gasteiger partial charge in [-0.2, -0.15) is 0 Å². The summed E-state index contributed by atoms with van der Waals surface area (Å²) in [6.45, 7) is 7.88. The average Bonchev–Trinajstić information content (AvgIpc) is 2.76. The highest BCUT2D eigenvalue weighted by Gasteiger charge is 2.44. The first-order valence-electron chi connectivity index (χ1n) is 11.2. The van der Waals surface area contributed by atoms with Gasteiger partial charge in [-0.3, -0.25) is 9.59 Å². The van der Waals surface area contributed by atoms with Crippen molar-refractivity contribution < 1.29 is 19.1 Å². The van der Waals surface area contributed by atoms with Crippen LogP contribution in [-0.2, 0) is 4.79 Å². The van der Waals surface area contributed by atoms with Gasteiger partial charge in [-0.15, -0.1) is 0 Å². The predicted octanol–water partition coefficient (Wildman–Crippen LogP) is 4.80. The van der Waals surface area contributed by atoms with E-state index in [1.807, 2.05) is 62.1 Å². The molecule has 0 N–H and O–H groups in total. The Balaban J connectivity index is 1.28. The molecule has 164 valence electrons. The van der Waals surface area contributed by atoms with Gasteiger partial charge >= 0.3 is 0 Å². The molecule has 2 aromatic carbocycles. The fourth-order valence-electron chi connectivity index (χ4n) is 4.43. The number of rotatable bonds is 5. The molecule has 2 aromatic rings. The number of ketones is 1. The van der Waals surface area contributed by atoms with Crippen LogP contribution in [0.4, 0.5) is 0 Å². The molecule has 0 atom stereocenters. The van der Waals surface area contributed by atoms with Crippen LogP contribution in [0.3, 0.4) is 0 Å². The van der Waals surface area contributed by atoms with E-state index < -0.39 is 5.60 Å². The largest absolute Gasteiger partial charge is 0.494 e. The van der Waals surface area contributed by atoms with Crippen molar-refractivity contribution in [3.8, 4) is 11.5 Å². The summed E-state index contributed by atoms with van der Waals surface area (Å²) < 4.78 is 12.2. The van der Waals surface area contributed by atoms with Crippen LogP contribution in [0.2, 0.25) is 0 Å².